The second-order valence-electron chi connectivity index (χ2n) is 5.41. The van der Waals surface area contributed by atoms with E-state index in [9.17, 15) is 8.42 Å². The second-order valence-corrected chi connectivity index (χ2v) is 7.63. The fourth-order valence-electron chi connectivity index (χ4n) is 2.10. The summed E-state index contributed by atoms with van der Waals surface area (Å²) in [5.74, 6) is 1.88. The average Bonchev–Trinajstić information content (AvgIpc) is 2.56. The van der Waals surface area contributed by atoms with E-state index in [1.54, 1.807) is 0 Å². The molecule has 102 valence electrons. The molecular weight excluding hydrogens is 236 g/mol. The Morgan fingerprint density at radius 1 is 1.18 bits per heavy atom. The molecule has 17 heavy (non-hydrogen) atoms. The van der Waals surface area contributed by atoms with Gasteiger partial charge in [-0.2, -0.15) is 0 Å². The zero-order chi connectivity index (χ0) is 12.7. The fourth-order valence-corrected chi connectivity index (χ4v) is 4.01. The standard InChI is InChI=1S/C12H26N2O2S/c1-11(2)9-14-7-6-13-5-3-12-4-8-17(15,16)10-12/h11-14H,3-10H2,1-2H3. The molecule has 1 atom stereocenters. The predicted molar refractivity (Wildman–Crippen MR) is 72.0 cm³/mol. The maximum atomic E-state index is 11.2. The molecule has 0 aromatic rings. The Hall–Kier alpha value is -0.130. The van der Waals surface area contributed by atoms with Crippen LogP contribution in [-0.2, 0) is 9.84 Å². The van der Waals surface area contributed by atoms with Gasteiger partial charge in [0.25, 0.3) is 0 Å². The first-order valence-electron chi connectivity index (χ1n) is 6.61. The Morgan fingerprint density at radius 2 is 1.88 bits per heavy atom. The molecule has 2 N–H and O–H groups in total. The van der Waals surface area contributed by atoms with Crippen LogP contribution in [0.25, 0.3) is 0 Å². The van der Waals surface area contributed by atoms with Crippen LogP contribution in [0.5, 0.6) is 0 Å². The highest BCUT2D eigenvalue weighted by molar-refractivity contribution is 7.91. The second kappa shape index (κ2) is 7.34. The van der Waals surface area contributed by atoms with Crippen molar-refractivity contribution in [3.8, 4) is 0 Å². The molecule has 0 amide bonds. The summed E-state index contributed by atoms with van der Waals surface area (Å²) in [6.45, 7) is 8.33. The van der Waals surface area contributed by atoms with E-state index in [-0.39, 0.29) is 0 Å². The van der Waals surface area contributed by atoms with Crippen LogP contribution in [0.1, 0.15) is 26.7 Å². The van der Waals surface area contributed by atoms with E-state index < -0.39 is 9.84 Å². The van der Waals surface area contributed by atoms with Crippen LogP contribution in [0, 0.1) is 11.8 Å². The highest BCUT2D eigenvalue weighted by Gasteiger charge is 2.26. The van der Waals surface area contributed by atoms with Crippen molar-refractivity contribution in [2.24, 2.45) is 11.8 Å². The molecule has 1 fully saturated rings. The Labute approximate surface area is 105 Å². The molecule has 1 unspecified atom stereocenters. The van der Waals surface area contributed by atoms with E-state index in [0.717, 1.165) is 39.0 Å². The summed E-state index contributed by atoms with van der Waals surface area (Å²) in [6.07, 6.45) is 1.85. The number of hydrogen-bond donors (Lipinski definition) is 2. The van der Waals surface area contributed by atoms with E-state index in [2.05, 4.69) is 24.5 Å². The van der Waals surface area contributed by atoms with Crippen molar-refractivity contribution in [2.45, 2.75) is 26.7 Å². The summed E-state index contributed by atoms with van der Waals surface area (Å²) in [6, 6.07) is 0. The van der Waals surface area contributed by atoms with Crippen LogP contribution in [0.4, 0.5) is 0 Å². The third-order valence-electron chi connectivity index (χ3n) is 3.09. The van der Waals surface area contributed by atoms with Crippen LogP contribution < -0.4 is 10.6 Å². The third kappa shape index (κ3) is 7.01. The van der Waals surface area contributed by atoms with Gasteiger partial charge in [0.15, 0.2) is 9.84 Å². The summed E-state index contributed by atoms with van der Waals surface area (Å²) < 4.78 is 22.5. The first-order chi connectivity index (χ1) is 7.99. The molecule has 1 heterocycles. The van der Waals surface area contributed by atoms with Gasteiger partial charge in [0.2, 0.25) is 0 Å². The normalized spacial score (nSPS) is 23.4. The molecule has 1 aliphatic heterocycles. The molecular formula is C12H26N2O2S. The van der Waals surface area contributed by atoms with Crippen molar-refractivity contribution in [1.82, 2.24) is 10.6 Å². The van der Waals surface area contributed by atoms with E-state index in [1.165, 1.54) is 0 Å². The Morgan fingerprint density at radius 3 is 2.47 bits per heavy atom. The van der Waals surface area contributed by atoms with E-state index in [4.69, 9.17) is 0 Å². The smallest absolute Gasteiger partial charge is 0.150 e. The third-order valence-corrected chi connectivity index (χ3v) is 4.92. The van der Waals surface area contributed by atoms with Crippen molar-refractivity contribution < 1.29 is 8.42 Å². The fraction of sp³-hybridized carbons (Fsp3) is 1.00. The lowest BCUT2D eigenvalue weighted by Crippen LogP contribution is -2.30. The van der Waals surface area contributed by atoms with E-state index >= 15 is 0 Å². The SMILES string of the molecule is CC(C)CNCCNCCC1CCS(=O)(=O)C1. The molecule has 0 saturated carbocycles. The monoisotopic (exact) mass is 262 g/mol. The first-order valence-corrected chi connectivity index (χ1v) is 8.43. The van der Waals surface area contributed by atoms with Gasteiger partial charge in [-0.3, -0.25) is 0 Å². The summed E-state index contributed by atoms with van der Waals surface area (Å²) in [7, 11) is -2.70. The van der Waals surface area contributed by atoms with Crippen LogP contribution >= 0.6 is 0 Å². The Bertz CT molecular complexity index is 302. The molecule has 4 nitrogen and oxygen atoms in total. The van der Waals surface area contributed by atoms with E-state index in [1.807, 2.05) is 0 Å². The minimum absolute atomic E-state index is 0.385. The molecule has 0 spiro atoms. The summed E-state index contributed by atoms with van der Waals surface area (Å²) in [5, 5.41) is 6.72. The minimum atomic E-state index is -2.70. The predicted octanol–water partition coefficient (Wildman–Crippen LogP) is 0.646. The lowest BCUT2D eigenvalue weighted by molar-refractivity contribution is 0.493. The van der Waals surface area contributed by atoms with Crippen molar-refractivity contribution in [2.75, 3.05) is 37.7 Å². The minimum Gasteiger partial charge on any atom is -0.315 e. The van der Waals surface area contributed by atoms with Crippen LogP contribution in [-0.4, -0.2) is 46.1 Å². The van der Waals surface area contributed by atoms with Crippen molar-refractivity contribution in [3.63, 3.8) is 0 Å². The number of sulfone groups is 1. The average molecular weight is 262 g/mol. The zero-order valence-corrected chi connectivity index (χ0v) is 11.9. The summed E-state index contributed by atoms with van der Waals surface area (Å²) >= 11 is 0. The zero-order valence-electron chi connectivity index (χ0n) is 11.0. The first kappa shape index (κ1) is 14.9. The van der Waals surface area contributed by atoms with Gasteiger partial charge in [0.05, 0.1) is 11.5 Å². The van der Waals surface area contributed by atoms with Gasteiger partial charge in [-0.05, 0) is 37.8 Å². The van der Waals surface area contributed by atoms with Gasteiger partial charge in [-0.1, -0.05) is 13.8 Å². The molecule has 0 bridgehead atoms. The maximum absolute atomic E-state index is 11.2. The van der Waals surface area contributed by atoms with Gasteiger partial charge in [-0.15, -0.1) is 0 Å². The quantitative estimate of drug-likeness (QED) is 0.631. The molecule has 0 aromatic heterocycles. The summed E-state index contributed by atoms with van der Waals surface area (Å²) in [5.41, 5.74) is 0. The molecule has 1 saturated heterocycles. The van der Waals surface area contributed by atoms with Gasteiger partial charge in [0.1, 0.15) is 0 Å². The van der Waals surface area contributed by atoms with Gasteiger partial charge < -0.3 is 10.6 Å². The highest BCUT2D eigenvalue weighted by atomic mass is 32.2. The largest absolute Gasteiger partial charge is 0.315 e. The van der Waals surface area contributed by atoms with Crippen molar-refractivity contribution >= 4 is 9.84 Å². The molecule has 0 aromatic carbocycles. The van der Waals surface area contributed by atoms with Crippen LogP contribution in [0.2, 0.25) is 0 Å². The molecule has 0 aliphatic carbocycles. The maximum Gasteiger partial charge on any atom is 0.150 e. The Balaban J connectivity index is 1.91. The topological polar surface area (TPSA) is 58.2 Å². The van der Waals surface area contributed by atoms with Gasteiger partial charge >= 0.3 is 0 Å². The van der Waals surface area contributed by atoms with Gasteiger partial charge in [-0.25, -0.2) is 8.42 Å². The number of nitrogens with one attached hydrogen (secondary N) is 2. The molecule has 1 rings (SSSR count). The number of hydrogen-bond acceptors (Lipinski definition) is 4. The lowest BCUT2D eigenvalue weighted by Gasteiger charge is -2.10. The molecule has 1 aliphatic rings. The molecule has 5 heteroatoms. The highest BCUT2D eigenvalue weighted by Crippen LogP contribution is 2.20. The van der Waals surface area contributed by atoms with Crippen molar-refractivity contribution in [1.29, 1.82) is 0 Å². The molecule has 0 radical (unpaired) electrons. The van der Waals surface area contributed by atoms with Crippen LogP contribution in [0.15, 0.2) is 0 Å². The van der Waals surface area contributed by atoms with Crippen LogP contribution in [0.3, 0.4) is 0 Å². The number of rotatable bonds is 8. The van der Waals surface area contributed by atoms with Crippen molar-refractivity contribution in [3.05, 3.63) is 0 Å². The Kier molecular flexibility index (Phi) is 6.44. The van der Waals surface area contributed by atoms with E-state index in [0.29, 0.717) is 23.3 Å². The lowest BCUT2D eigenvalue weighted by atomic mass is 10.1. The summed E-state index contributed by atoms with van der Waals surface area (Å²) in [4.78, 5) is 0. The van der Waals surface area contributed by atoms with Gasteiger partial charge in [0, 0.05) is 13.1 Å².